The molecule has 0 amide bonds. The zero-order valence-corrected chi connectivity index (χ0v) is 10.9. The molecule has 1 aromatic heterocycles. The number of aromatic nitrogens is 1. The molecule has 0 fully saturated rings. The van der Waals surface area contributed by atoms with Crippen LogP contribution >= 0.6 is 34.7 Å². The highest BCUT2D eigenvalue weighted by Crippen LogP contribution is 2.29. The molecule has 1 aromatic carbocycles. The normalized spacial score (nSPS) is 10.7. The topological polar surface area (TPSA) is 12.9 Å². The van der Waals surface area contributed by atoms with Crippen LogP contribution in [0.25, 0.3) is 0 Å². The zero-order chi connectivity index (χ0) is 11.5. The molecule has 0 aliphatic rings. The Morgan fingerprint density at radius 1 is 1.50 bits per heavy atom. The molecular weight excluding hydrogens is 265 g/mol. The van der Waals surface area contributed by atoms with E-state index in [4.69, 9.17) is 11.6 Å². The summed E-state index contributed by atoms with van der Waals surface area (Å²) in [6.07, 6.45) is 0. The maximum absolute atomic E-state index is 12.8. The summed E-state index contributed by atoms with van der Waals surface area (Å²) in [6.45, 7) is 1.96. The number of aryl methyl sites for hydroxylation is 1. The van der Waals surface area contributed by atoms with Gasteiger partial charge in [-0.25, -0.2) is 9.37 Å². The fourth-order valence-electron chi connectivity index (χ4n) is 1.18. The number of hydrogen-bond acceptors (Lipinski definition) is 3. The van der Waals surface area contributed by atoms with Crippen LogP contribution in [0.3, 0.4) is 0 Å². The van der Waals surface area contributed by atoms with Gasteiger partial charge in [-0.15, -0.1) is 11.3 Å². The minimum Gasteiger partial charge on any atom is -0.235 e. The first-order valence-electron chi connectivity index (χ1n) is 4.64. The van der Waals surface area contributed by atoms with Crippen LogP contribution in [0.1, 0.15) is 11.3 Å². The minimum absolute atomic E-state index is 0.302. The summed E-state index contributed by atoms with van der Waals surface area (Å²) in [5.41, 5.74) is 1.96. The number of rotatable bonds is 3. The molecular formula is C11H9ClFNS2. The number of benzene rings is 1. The van der Waals surface area contributed by atoms with Gasteiger partial charge < -0.3 is 0 Å². The van der Waals surface area contributed by atoms with E-state index in [-0.39, 0.29) is 5.82 Å². The lowest BCUT2D eigenvalue weighted by molar-refractivity contribution is 0.627. The molecule has 0 aliphatic heterocycles. The average molecular weight is 274 g/mol. The Kier molecular flexibility index (Phi) is 3.84. The van der Waals surface area contributed by atoms with Gasteiger partial charge >= 0.3 is 0 Å². The first-order chi connectivity index (χ1) is 7.65. The van der Waals surface area contributed by atoms with E-state index in [0.717, 1.165) is 15.6 Å². The van der Waals surface area contributed by atoms with Crippen LogP contribution in [-0.4, -0.2) is 4.98 Å². The number of thioether (sulfide) groups is 1. The van der Waals surface area contributed by atoms with Crippen molar-refractivity contribution in [1.82, 2.24) is 4.98 Å². The lowest BCUT2D eigenvalue weighted by atomic mass is 10.2. The van der Waals surface area contributed by atoms with Crippen molar-refractivity contribution in [1.29, 1.82) is 0 Å². The number of halogens is 2. The molecule has 2 aromatic rings. The number of nitrogens with zero attached hydrogens (tertiary/aromatic N) is 1. The van der Waals surface area contributed by atoms with E-state index in [9.17, 15) is 4.39 Å². The molecule has 0 bridgehead atoms. The van der Waals surface area contributed by atoms with Crippen LogP contribution in [0.15, 0.2) is 27.9 Å². The molecule has 5 heteroatoms. The van der Waals surface area contributed by atoms with Gasteiger partial charge in [0.2, 0.25) is 0 Å². The van der Waals surface area contributed by atoms with Crippen molar-refractivity contribution in [2.75, 3.05) is 0 Å². The summed E-state index contributed by atoms with van der Waals surface area (Å²) < 4.78 is 13.8. The van der Waals surface area contributed by atoms with Gasteiger partial charge in [0.1, 0.15) is 10.2 Å². The fraction of sp³-hybridized carbons (Fsp3) is 0.182. The number of thiazole rings is 1. The standard InChI is InChI=1S/C11H9ClFNS2/c1-7-5-15-11(14-7)16-6-8-2-3-9(13)4-10(8)12/h2-5H,6H2,1H3. The predicted molar refractivity (Wildman–Crippen MR) is 67.8 cm³/mol. The SMILES string of the molecule is Cc1csc(SCc2ccc(F)cc2Cl)n1. The van der Waals surface area contributed by atoms with E-state index in [1.807, 2.05) is 12.3 Å². The maximum atomic E-state index is 12.8. The highest BCUT2D eigenvalue weighted by atomic mass is 35.5. The quantitative estimate of drug-likeness (QED) is 0.762. The van der Waals surface area contributed by atoms with Gasteiger partial charge in [0, 0.05) is 21.8 Å². The average Bonchev–Trinajstić information content (AvgIpc) is 2.63. The highest BCUT2D eigenvalue weighted by molar-refractivity contribution is 8.00. The van der Waals surface area contributed by atoms with Gasteiger partial charge in [-0.3, -0.25) is 0 Å². The van der Waals surface area contributed by atoms with Gasteiger partial charge in [-0.1, -0.05) is 29.4 Å². The zero-order valence-electron chi connectivity index (χ0n) is 8.54. The molecule has 0 radical (unpaired) electrons. The Hall–Kier alpha value is -0.580. The van der Waals surface area contributed by atoms with Crippen LogP contribution in [0.2, 0.25) is 5.02 Å². The van der Waals surface area contributed by atoms with Crippen LogP contribution in [-0.2, 0) is 5.75 Å². The van der Waals surface area contributed by atoms with Crippen molar-refractivity contribution in [2.45, 2.75) is 17.0 Å². The maximum Gasteiger partial charge on any atom is 0.150 e. The summed E-state index contributed by atoms with van der Waals surface area (Å²) in [5.74, 6) is 0.412. The van der Waals surface area contributed by atoms with Gasteiger partial charge in [-0.2, -0.15) is 0 Å². The summed E-state index contributed by atoms with van der Waals surface area (Å²) in [7, 11) is 0. The third-order valence-electron chi connectivity index (χ3n) is 1.96. The summed E-state index contributed by atoms with van der Waals surface area (Å²) in [6, 6.07) is 4.48. The van der Waals surface area contributed by atoms with E-state index in [1.165, 1.54) is 12.1 Å². The third kappa shape index (κ3) is 2.97. The molecule has 84 valence electrons. The Balaban J connectivity index is 2.04. The second kappa shape index (κ2) is 5.17. The van der Waals surface area contributed by atoms with Crippen molar-refractivity contribution in [2.24, 2.45) is 0 Å². The molecule has 0 saturated carbocycles. The summed E-state index contributed by atoms with van der Waals surface area (Å²) in [5, 5.41) is 2.48. The van der Waals surface area contributed by atoms with E-state index < -0.39 is 0 Å². The van der Waals surface area contributed by atoms with E-state index in [1.54, 1.807) is 29.2 Å². The first kappa shape index (κ1) is 11.9. The molecule has 0 aliphatic carbocycles. The molecule has 16 heavy (non-hydrogen) atoms. The second-order valence-corrected chi connectivity index (χ2v) is 5.77. The van der Waals surface area contributed by atoms with Gasteiger partial charge in [0.05, 0.1) is 0 Å². The minimum atomic E-state index is -0.302. The molecule has 0 saturated heterocycles. The van der Waals surface area contributed by atoms with Crippen molar-refractivity contribution in [3.05, 3.63) is 45.7 Å². The number of hydrogen-bond donors (Lipinski definition) is 0. The molecule has 1 heterocycles. The smallest absolute Gasteiger partial charge is 0.150 e. The van der Waals surface area contributed by atoms with Crippen molar-refractivity contribution in [3.8, 4) is 0 Å². The van der Waals surface area contributed by atoms with Crippen LogP contribution in [0.5, 0.6) is 0 Å². The van der Waals surface area contributed by atoms with E-state index in [0.29, 0.717) is 10.8 Å². The Morgan fingerprint density at radius 3 is 2.94 bits per heavy atom. The predicted octanol–water partition coefficient (Wildman–Crippen LogP) is 4.54. The highest BCUT2D eigenvalue weighted by Gasteiger charge is 2.04. The lowest BCUT2D eigenvalue weighted by Crippen LogP contribution is -1.84. The van der Waals surface area contributed by atoms with E-state index in [2.05, 4.69) is 4.98 Å². The van der Waals surface area contributed by atoms with E-state index >= 15 is 0 Å². The van der Waals surface area contributed by atoms with Crippen LogP contribution in [0.4, 0.5) is 4.39 Å². The molecule has 0 unspecified atom stereocenters. The summed E-state index contributed by atoms with van der Waals surface area (Å²) >= 11 is 9.16. The molecule has 0 atom stereocenters. The van der Waals surface area contributed by atoms with Crippen LogP contribution in [0, 0.1) is 12.7 Å². The fourth-order valence-corrected chi connectivity index (χ4v) is 3.34. The monoisotopic (exact) mass is 273 g/mol. The van der Waals surface area contributed by atoms with Crippen molar-refractivity contribution >= 4 is 34.7 Å². The molecule has 0 spiro atoms. The summed E-state index contributed by atoms with van der Waals surface area (Å²) in [4.78, 5) is 4.34. The largest absolute Gasteiger partial charge is 0.235 e. The van der Waals surface area contributed by atoms with Gasteiger partial charge in [-0.05, 0) is 24.6 Å². The van der Waals surface area contributed by atoms with Gasteiger partial charge in [0.15, 0.2) is 0 Å². The second-order valence-electron chi connectivity index (χ2n) is 3.28. The van der Waals surface area contributed by atoms with Gasteiger partial charge in [0.25, 0.3) is 0 Å². The third-order valence-corrected chi connectivity index (χ3v) is 4.50. The molecule has 2 rings (SSSR count). The lowest BCUT2D eigenvalue weighted by Gasteiger charge is -2.02. The Morgan fingerprint density at radius 2 is 2.31 bits per heavy atom. The van der Waals surface area contributed by atoms with Crippen LogP contribution < -0.4 is 0 Å². The first-order valence-corrected chi connectivity index (χ1v) is 6.88. The Bertz CT molecular complexity index is 498. The van der Waals surface area contributed by atoms with Crippen molar-refractivity contribution in [3.63, 3.8) is 0 Å². The Labute approximate surface area is 107 Å². The van der Waals surface area contributed by atoms with Crippen molar-refractivity contribution < 1.29 is 4.39 Å². The molecule has 0 N–H and O–H groups in total. The molecule has 1 nitrogen and oxygen atoms in total.